The van der Waals surface area contributed by atoms with Gasteiger partial charge in [-0.2, -0.15) is 0 Å². The van der Waals surface area contributed by atoms with E-state index in [0.717, 1.165) is 32.4 Å². The molecule has 6 heteroatoms. The van der Waals surface area contributed by atoms with E-state index < -0.39 is 11.8 Å². The van der Waals surface area contributed by atoms with Gasteiger partial charge in [-0.05, 0) is 67.0 Å². The fourth-order valence-electron chi connectivity index (χ4n) is 6.56. The van der Waals surface area contributed by atoms with Crippen LogP contribution in [0.2, 0.25) is 0 Å². The third-order valence-electron chi connectivity index (χ3n) is 8.73. The molecular weight excluding hydrogens is 474 g/mol. The van der Waals surface area contributed by atoms with E-state index in [2.05, 4.69) is 84.1 Å². The van der Waals surface area contributed by atoms with Crippen molar-refractivity contribution >= 4 is 22.6 Å². The summed E-state index contributed by atoms with van der Waals surface area (Å²) in [7, 11) is 0. The van der Waals surface area contributed by atoms with E-state index in [1.165, 1.54) is 21.9 Å². The summed E-state index contributed by atoms with van der Waals surface area (Å²) < 4.78 is 0. The van der Waals surface area contributed by atoms with Gasteiger partial charge in [-0.15, -0.1) is 4.91 Å². The van der Waals surface area contributed by atoms with E-state index in [0.29, 0.717) is 25.3 Å². The number of amides is 2. The molecule has 4 unspecified atom stereocenters. The number of benzene rings is 3. The molecule has 0 spiro atoms. The Labute approximate surface area is 224 Å². The maximum absolute atomic E-state index is 13.6. The predicted octanol–water partition coefficient (Wildman–Crippen LogP) is 6.22. The van der Waals surface area contributed by atoms with Crippen LogP contribution in [0.1, 0.15) is 62.1 Å². The van der Waals surface area contributed by atoms with Gasteiger partial charge < -0.3 is 10.2 Å². The van der Waals surface area contributed by atoms with Gasteiger partial charge in [-0.25, -0.2) is 0 Å². The van der Waals surface area contributed by atoms with Gasteiger partial charge in [0.25, 0.3) is 5.91 Å². The summed E-state index contributed by atoms with van der Waals surface area (Å²) in [5, 5.41) is 8.98. The first kappa shape index (κ1) is 26.2. The van der Waals surface area contributed by atoms with E-state index in [1.807, 2.05) is 11.0 Å². The van der Waals surface area contributed by atoms with Crippen LogP contribution < -0.4 is 5.32 Å². The molecule has 1 aliphatic carbocycles. The summed E-state index contributed by atoms with van der Waals surface area (Å²) in [4.78, 5) is 38.2. The van der Waals surface area contributed by atoms with Gasteiger partial charge in [0.05, 0.1) is 0 Å². The quantitative estimate of drug-likeness (QED) is 0.382. The van der Waals surface area contributed by atoms with Crippen molar-refractivity contribution in [2.45, 2.75) is 51.0 Å². The van der Waals surface area contributed by atoms with Crippen molar-refractivity contribution in [3.63, 3.8) is 0 Å². The number of hydrogen-bond acceptors (Lipinski definition) is 4. The highest BCUT2D eigenvalue weighted by atomic mass is 16.3. The number of likely N-dealkylation sites (tertiary alicyclic amines) is 1. The highest BCUT2D eigenvalue weighted by Crippen LogP contribution is 2.36. The summed E-state index contributed by atoms with van der Waals surface area (Å²) in [5.74, 6) is -0.438. The summed E-state index contributed by atoms with van der Waals surface area (Å²) >= 11 is 0. The summed E-state index contributed by atoms with van der Waals surface area (Å²) in [5.41, 5.74) is 2.56. The Kier molecular flexibility index (Phi) is 8.28. The minimum absolute atomic E-state index is 0.130. The Hall–Kier alpha value is -3.38. The van der Waals surface area contributed by atoms with Gasteiger partial charge in [-0.3, -0.25) is 9.59 Å². The highest BCUT2D eigenvalue weighted by Gasteiger charge is 2.38. The average Bonchev–Trinajstić information content (AvgIpc) is 2.99. The van der Waals surface area contributed by atoms with Crippen molar-refractivity contribution in [2.24, 2.45) is 22.9 Å². The van der Waals surface area contributed by atoms with Crippen LogP contribution in [0.3, 0.4) is 0 Å². The smallest absolute Gasteiger partial charge is 0.289 e. The van der Waals surface area contributed by atoms with E-state index >= 15 is 0 Å². The fraction of sp³-hybridized carbons (Fsp3) is 0.438. The van der Waals surface area contributed by atoms with Crippen LogP contribution >= 0.6 is 0 Å². The summed E-state index contributed by atoms with van der Waals surface area (Å²) in [6.45, 7) is 4.50. The zero-order valence-electron chi connectivity index (χ0n) is 22.1. The van der Waals surface area contributed by atoms with Crippen molar-refractivity contribution < 1.29 is 9.59 Å². The van der Waals surface area contributed by atoms with Crippen LogP contribution in [-0.4, -0.2) is 36.3 Å². The first-order valence-corrected chi connectivity index (χ1v) is 14.0. The lowest BCUT2D eigenvalue weighted by Crippen LogP contribution is -2.48. The molecule has 3 aromatic rings. The molecule has 5 rings (SSSR count). The second kappa shape index (κ2) is 12.0. The molecule has 2 amide bonds. The van der Waals surface area contributed by atoms with E-state index in [9.17, 15) is 14.5 Å². The van der Waals surface area contributed by atoms with Crippen LogP contribution in [0.15, 0.2) is 78.0 Å². The first-order valence-electron chi connectivity index (χ1n) is 14.0. The zero-order valence-corrected chi connectivity index (χ0v) is 22.1. The number of nitrogens with zero attached hydrogens (tertiary/aromatic N) is 2. The van der Waals surface area contributed by atoms with Gasteiger partial charge in [0.2, 0.25) is 5.91 Å². The standard InChI is InChI=1S/C32H37N3O3/c1-22(28-16-8-12-23-11-5-6-15-29(23)28)33-20-27-17-18-35(21-30(27)24-9-3-2-4-10-24)32(37)26-14-7-13-25(19-26)31(36)34-38/h2-6,8-12,15-16,22,25-27,30,33H,7,13-14,17-21H2,1H3/t22-,25?,26?,27?,30?/m1/s1. The molecule has 0 aromatic heterocycles. The summed E-state index contributed by atoms with van der Waals surface area (Å²) in [6, 6.07) is 25.7. The van der Waals surface area contributed by atoms with Gasteiger partial charge in [-0.1, -0.05) is 79.2 Å². The number of nitroso groups, excluding NO2 is 1. The molecule has 0 bridgehead atoms. The molecule has 2 aliphatic rings. The third-order valence-corrected chi connectivity index (χ3v) is 8.73. The molecule has 198 valence electrons. The van der Waals surface area contributed by atoms with E-state index in [1.54, 1.807) is 0 Å². The largest absolute Gasteiger partial charge is 0.342 e. The molecule has 1 aliphatic heterocycles. The number of rotatable bonds is 7. The molecule has 1 N–H and O–H groups in total. The zero-order chi connectivity index (χ0) is 26.5. The Morgan fingerprint density at radius 2 is 1.68 bits per heavy atom. The topological polar surface area (TPSA) is 78.8 Å². The first-order chi connectivity index (χ1) is 18.5. The molecule has 5 atom stereocenters. The van der Waals surface area contributed by atoms with Crippen LogP contribution in [0.5, 0.6) is 0 Å². The lowest BCUT2D eigenvalue weighted by Gasteiger charge is -2.41. The van der Waals surface area contributed by atoms with Gasteiger partial charge in [0, 0.05) is 42.1 Å². The van der Waals surface area contributed by atoms with Crippen LogP contribution in [-0.2, 0) is 9.59 Å². The Balaban J connectivity index is 1.28. The maximum atomic E-state index is 13.6. The van der Waals surface area contributed by atoms with Gasteiger partial charge in [0.1, 0.15) is 0 Å². The minimum atomic E-state index is -0.602. The minimum Gasteiger partial charge on any atom is -0.342 e. The molecule has 38 heavy (non-hydrogen) atoms. The number of hydrogen-bond donors (Lipinski definition) is 1. The molecule has 1 heterocycles. The maximum Gasteiger partial charge on any atom is 0.289 e. The van der Waals surface area contributed by atoms with Crippen molar-refractivity contribution in [3.8, 4) is 0 Å². The average molecular weight is 512 g/mol. The molecule has 6 nitrogen and oxygen atoms in total. The Bertz CT molecular complexity index is 1270. The molecule has 3 aromatic carbocycles. The van der Waals surface area contributed by atoms with Crippen LogP contribution in [0.25, 0.3) is 10.8 Å². The number of nitrogens with one attached hydrogen (secondary N) is 1. The van der Waals surface area contributed by atoms with Crippen LogP contribution in [0.4, 0.5) is 0 Å². The Morgan fingerprint density at radius 1 is 0.947 bits per heavy atom. The number of carbonyl (C=O) groups is 2. The molecule has 1 saturated heterocycles. The predicted molar refractivity (Wildman–Crippen MR) is 150 cm³/mol. The molecule has 0 radical (unpaired) electrons. The second-order valence-electron chi connectivity index (χ2n) is 11.0. The number of piperidine rings is 1. The van der Waals surface area contributed by atoms with Gasteiger partial charge >= 0.3 is 0 Å². The van der Waals surface area contributed by atoms with Crippen molar-refractivity contribution in [3.05, 3.63) is 88.8 Å². The van der Waals surface area contributed by atoms with Crippen molar-refractivity contribution in [1.29, 1.82) is 0 Å². The second-order valence-corrected chi connectivity index (χ2v) is 11.0. The SMILES string of the molecule is C[C@@H](NCC1CCN(C(=O)C2CCCC(C(=O)N=O)C2)CC1c1ccccc1)c1cccc2ccccc12. The highest BCUT2D eigenvalue weighted by molar-refractivity contribution is 5.86. The monoisotopic (exact) mass is 511 g/mol. The van der Waals surface area contributed by atoms with E-state index in [-0.39, 0.29) is 23.8 Å². The normalized spacial score (nSPS) is 24.6. The molecule has 2 fully saturated rings. The van der Waals surface area contributed by atoms with Crippen molar-refractivity contribution in [1.82, 2.24) is 10.2 Å². The molecule has 1 saturated carbocycles. The van der Waals surface area contributed by atoms with E-state index in [4.69, 9.17) is 0 Å². The third kappa shape index (κ3) is 5.70. The van der Waals surface area contributed by atoms with Gasteiger partial charge in [0.15, 0.2) is 0 Å². The Morgan fingerprint density at radius 3 is 2.50 bits per heavy atom. The summed E-state index contributed by atoms with van der Waals surface area (Å²) in [6.07, 6.45) is 3.59. The lowest BCUT2D eigenvalue weighted by molar-refractivity contribution is -0.139. The fourth-order valence-corrected chi connectivity index (χ4v) is 6.56. The number of carbonyl (C=O) groups excluding carboxylic acids is 2. The lowest BCUT2D eigenvalue weighted by atomic mass is 9.78. The number of fused-ring (bicyclic) bond motifs is 1. The molecular formula is C32H37N3O3. The van der Waals surface area contributed by atoms with Crippen LogP contribution in [0, 0.1) is 22.7 Å². The van der Waals surface area contributed by atoms with Crippen molar-refractivity contribution in [2.75, 3.05) is 19.6 Å².